The second-order valence-electron chi connectivity index (χ2n) is 9.01. The number of aryl methyl sites for hydroxylation is 1. The van der Waals surface area contributed by atoms with Gasteiger partial charge in [0, 0.05) is 36.0 Å². The van der Waals surface area contributed by atoms with Crippen molar-refractivity contribution in [2.75, 3.05) is 44.9 Å². The summed E-state index contributed by atoms with van der Waals surface area (Å²) in [5, 5.41) is 12.5. The standard InChI is InChI=1S/C29H35N3O3S/c1-22-11-13-23(14-12-22)21-30-29(34)26(15-18-33)31(2)16-19-35-20-17-32-24-7-3-5-9-27(24)36-28-10-6-4-8-25(28)32/h3-14,26,33H,15-21H2,1-2H3,(H,30,34). The zero-order chi connectivity index (χ0) is 25.3. The Morgan fingerprint density at radius 1 is 1.00 bits per heavy atom. The molecule has 1 aliphatic rings. The third-order valence-electron chi connectivity index (χ3n) is 6.40. The van der Waals surface area contributed by atoms with E-state index in [1.165, 1.54) is 26.7 Å². The molecule has 0 saturated heterocycles. The topological polar surface area (TPSA) is 65.0 Å². The van der Waals surface area contributed by atoms with Crippen molar-refractivity contribution in [3.63, 3.8) is 0 Å². The maximum atomic E-state index is 12.8. The van der Waals surface area contributed by atoms with Crippen LogP contribution in [-0.4, -0.2) is 61.9 Å². The maximum Gasteiger partial charge on any atom is 0.237 e. The van der Waals surface area contributed by atoms with E-state index in [0.717, 1.165) is 12.1 Å². The molecule has 190 valence electrons. The van der Waals surface area contributed by atoms with Crippen molar-refractivity contribution in [2.24, 2.45) is 0 Å². The number of anilines is 2. The average molecular weight is 506 g/mol. The van der Waals surface area contributed by atoms with Crippen LogP contribution in [0.15, 0.2) is 82.6 Å². The molecular formula is C29H35N3O3S. The molecule has 4 rings (SSSR count). The Morgan fingerprint density at radius 3 is 2.28 bits per heavy atom. The second kappa shape index (κ2) is 12.9. The zero-order valence-corrected chi connectivity index (χ0v) is 21.8. The molecule has 0 aliphatic carbocycles. The summed E-state index contributed by atoms with van der Waals surface area (Å²) in [6, 6.07) is 24.6. The molecule has 0 spiro atoms. The van der Waals surface area contributed by atoms with Gasteiger partial charge < -0.3 is 20.1 Å². The van der Waals surface area contributed by atoms with Crippen molar-refractivity contribution in [3.8, 4) is 0 Å². The van der Waals surface area contributed by atoms with E-state index in [2.05, 4.69) is 58.7 Å². The Hall–Kier alpha value is -2.84. The number of nitrogens with one attached hydrogen (secondary N) is 1. The van der Waals surface area contributed by atoms with Crippen molar-refractivity contribution >= 4 is 29.0 Å². The number of carbonyl (C=O) groups excluding carboxylic acids is 1. The first-order valence-corrected chi connectivity index (χ1v) is 13.2. The lowest BCUT2D eigenvalue weighted by Gasteiger charge is -2.32. The molecule has 3 aromatic carbocycles. The number of hydrogen-bond donors (Lipinski definition) is 2. The number of ether oxygens (including phenoxy) is 1. The molecule has 7 heteroatoms. The molecule has 0 aromatic heterocycles. The van der Waals surface area contributed by atoms with E-state index in [-0.39, 0.29) is 12.5 Å². The molecule has 3 aromatic rings. The summed E-state index contributed by atoms with van der Waals surface area (Å²) in [6.45, 7) is 4.91. The van der Waals surface area contributed by atoms with Crippen LogP contribution in [0.4, 0.5) is 11.4 Å². The van der Waals surface area contributed by atoms with Crippen molar-refractivity contribution in [1.82, 2.24) is 10.2 Å². The monoisotopic (exact) mass is 505 g/mol. The molecule has 0 saturated carbocycles. The van der Waals surface area contributed by atoms with Crippen LogP contribution in [0.5, 0.6) is 0 Å². The van der Waals surface area contributed by atoms with Gasteiger partial charge in [-0.15, -0.1) is 0 Å². The Morgan fingerprint density at radius 2 is 1.64 bits per heavy atom. The van der Waals surface area contributed by atoms with Crippen LogP contribution in [0.25, 0.3) is 0 Å². The molecule has 1 amide bonds. The van der Waals surface area contributed by atoms with Gasteiger partial charge in [-0.3, -0.25) is 9.69 Å². The van der Waals surface area contributed by atoms with Gasteiger partial charge in [0.1, 0.15) is 0 Å². The summed E-state index contributed by atoms with van der Waals surface area (Å²) >= 11 is 1.80. The minimum Gasteiger partial charge on any atom is -0.396 e. The van der Waals surface area contributed by atoms with Crippen LogP contribution in [0.2, 0.25) is 0 Å². The first-order chi connectivity index (χ1) is 17.6. The second-order valence-corrected chi connectivity index (χ2v) is 10.1. The van der Waals surface area contributed by atoms with Gasteiger partial charge in [0.2, 0.25) is 5.91 Å². The summed E-state index contributed by atoms with van der Waals surface area (Å²) in [6.07, 6.45) is 0.384. The lowest BCUT2D eigenvalue weighted by atomic mass is 10.1. The first kappa shape index (κ1) is 26.2. The summed E-state index contributed by atoms with van der Waals surface area (Å²) in [5.41, 5.74) is 4.66. The van der Waals surface area contributed by atoms with Crippen LogP contribution >= 0.6 is 11.8 Å². The summed E-state index contributed by atoms with van der Waals surface area (Å²) in [5.74, 6) is -0.0776. The number of hydrogen-bond acceptors (Lipinski definition) is 6. The van der Waals surface area contributed by atoms with Gasteiger partial charge in [0.25, 0.3) is 0 Å². The molecule has 1 atom stereocenters. The van der Waals surface area contributed by atoms with Gasteiger partial charge in [0.15, 0.2) is 0 Å². The fraction of sp³-hybridized carbons (Fsp3) is 0.345. The number of nitrogens with zero attached hydrogens (tertiary/aromatic N) is 2. The van der Waals surface area contributed by atoms with Crippen molar-refractivity contribution in [1.29, 1.82) is 0 Å². The minimum absolute atomic E-state index is 0.0421. The summed E-state index contributed by atoms with van der Waals surface area (Å²) < 4.78 is 6.00. The first-order valence-electron chi connectivity index (χ1n) is 12.4. The van der Waals surface area contributed by atoms with E-state index in [1.807, 2.05) is 43.1 Å². The summed E-state index contributed by atoms with van der Waals surface area (Å²) in [4.78, 5) is 19.6. The molecule has 0 bridgehead atoms. The number of carbonyl (C=O) groups is 1. The Bertz CT molecular complexity index is 1090. The Labute approximate surface area is 218 Å². The minimum atomic E-state index is -0.401. The number of rotatable bonds is 12. The molecule has 1 heterocycles. The molecule has 2 N–H and O–H groups in total. The molecule has 36 heavy (non-hydrogen) atoms. The Balaban J connectivity index is 1.26. The molecule has 1 unspecified atom stereocenters. The van der Waals surface area contributed by atoms with E-state index < -0.39 is 6.04 Å². The highest BCUT2D eigenvalue weighted by Crippen LogP contribution is 2.47. The van der Waals surface area contributed by atoms with E-state index in [4.69, 9.17) is 4.74 Å². The van der Waals surface area contributed by atoms with Gasteiger partial charge in [-0.2, -0.15) is 0 Å². The molecule has 1 aliphatic heterocycles. The number of aliphatic hydroxyl groups is 1. The van der Waals surface area contributed by atoms with Gasteiger partial charge in [0.05, 0.1) is 30.6 Å². The third kappa shape index (κ3) is 6.68. The van der Waals surface area contributed by atoms with Crippen LogP contribution in [0.3, 0.4) is 0 Å². The number of aliphatic hydroxyl groups excluding tert-OH is 1. The Kier molecular flexibility index (Phi) is 9.41. The van der Waals surface area contributed by atoms with Crippen LogP contribution in [0.1, 0.15) is 17.5 Å². The predicted octanol–water partition coefficient (Wildman–Crippen LogP) is 4.61. The van der Waals surface area contributed by atoms with Gasteiger partial charge >= 0.3 is 0 Å². The highest BCUT2D eigenvalue weighted by Gasteiger charge is 2.24. The normalized spacial score (nSPS) is 13.3. The smallest absolute Gasteiger partial charge is 0.237 e. The number of fused-ring (bicyclic) bond motifs is 2. The van der Waals surface area contributed by atoms with Crippen LogP contribution < -0.4 is 10.2 Å². The number of amides is 1. The largest absolute Gasteiger partial charge is 0.396 e. The highest BCUT2D eigenvalue weighted by molar-refractivity contribution is 7.99. The number of para-hydroxylation sites is 2. The SMILES string of the molecule is Cc1ccc(CNC(=O)C(CCO)N(C)CCOCCN2c3ccccc3Sc3ccccc32)cc1. The number of likely N-dealkylation sites (N-methyl/N-ethyl adjacent to an activating group) is 1. The van der Waals surface area contributed by atoms with Crippen molar-refractivity contribution in [2.45, 2.75) is 35.7 Å². The predicted molar refractivity (Wildman–Crippen MR) is 146 cm³/mol. The maximum absolute atomic E-state index is 12.8. The van der Waals surface area contributed by atoms with Gasteiger partial charge in [-0.25, -0.2) is 0 Å². The van der Waals surface area contributed by atoms with E-state index >= 15 is 0 Å². The van der Waals surface area contributed by atoms with Gasteiger partial charge in [-0.05, 0) is 50.2 Å². The average Bonchev–Trinajstić information content (AvgIpc) is 2.90. The van der Waals surface area contributed by atoms with E-state index in [0.29, 0.717) is 32.7 Å². The highest BCUT2D eigenvalue weighted by atomic mass is 32.2. The lowest BCUT2D eigenvalue weighted by Crippen LogP contribution is -2.46. The van der Waals surface area contributed by atoms with Gasteiger partial charge in [-0.1, -0.05) is 65.9 Å². The van der Waals surface area contributed by atoms with Crippen LogP contribution in [-0.2, 0) is 16.1 Å². The zero-order valence-electron chi connectivity index (χ0n) is 21.0. The van der Waals surface area contributed by atoms with E-state index in [1.54, 1.807) is 11.8 Å². The van der Waals surface area contributed by atoms with E-state index in [9.17, 15) is 9.90 Å². The molecule has 0 fully saturated rings. The van der Waals surface area contributed by atoms with Crippen LogP contribution in [0, 0.1) is 6.92 Å². The lowest BCUT2D eigenvalue weighted by molar-refractivity contribution is -0.127. The quantitative estimate of drug-likeness (QED) is 0.351. The molecule has 0 radical (unpaired) electrons. The molecular weight excluding hydrogens is 470 g/mol. The third-order valence-corrected chi connectivity index (χ3v) is 7.53. The fourth-order valence-electron chi connectivity index (χ4n) is 4.33. The summed E-state index contributed by atoms with van der Waals surface area (Å²) in [7, 11) is 1.91. The van der Waals surface area contributed by atoms with Crippen molar-refractivity contribution < 1.29 is 14.6 Å². The molecule has 6 nitrogen and oxygen atoms in total. The number of benzene rings is 3. The fourth-order valence-corrected chi connectivity index (χ4v) is 5.43. The van der Waals surface area contributed by atoms with Crippen molar-refractivity contribution in [3.05, 3.63) is 83.9 Å².